The standard InChI is InChI=1S/C15H17N3O2/c1-10-14(7-12(16)9-17-10)15(19)18-8-11-3-5-13(20-2)6-4-11/h3-7,9H,8,16H2,1-2H3,(H,18,19). The minimum atomic E-state index is -0.182. The summed E-state index contributed by atoms with van der Waals surface area (Å²) in [5.41, 5.74) is 8.28. The van der Waals surface area contributed by atoms with Crippen molar-refractivity contribution in [3.63, 3.8) is 0 Å². The lowest BCUT2D eigenvalue weighted by atomic mass is 10.1. The molecule has 0 aliphatic carbocycles. The zero-order chi connectivity index (χ0) is 14.5. The highest BCUT2D eigenvalue weighted by molar-refractivity contribution is 5.95. The SMILES string of the molecule is COc1ccc(CNC(=O)c2cc(N)cnc2C)cc1. The summed E-state index contributed by atoms with van der Waals surface area (Å²) in [5, 5.41) is 2.85. The number of nitrogen functional groups attached to an aromatic ring is 1. The van der Waals surface area contributed by atoms with Crippen molar-refractivity contribution in [3.05, 3.63) is 53.3 Å². The Balaban J connectivity index is 2.02. The third kappa shape index (κ3) is 3.26. The predicted octanol–water partition coefficient (Wildman–Crippen LogP) is 1.91. The molecule has 0 atom stereocenters. The van der Waals surface area contributed by atoms with Gasteiger partial charge in [-0.3, -0.25) is 9.78 Å². The molecule has 0 aliphatic rings. The zero-order valence-corrected chi connectivity index (χ0v) is 11.5. The molecule has 0 fully saturated rings. The molecule has 0 spiro atoms. The molecule has 0 saturated heterocycles. The predicted molar refractivity (Wildman–Crippen MR) is 77.6 cm³/mol. The van der Waals surface area contributed by atoms with Gasteiger partial charge in [0.05, 0.1) is 30.3 Å². The van der Waals surface area contributed by atoms with Gasteiger partial charge in [-0.25, -0.2) is 0 Å². The average Bonchev–Trinajstić information content (AvgIpc) is 2.47. The van der Waals surface area contributed by atoms with Crippen LogP contribution in [0.3, 0.4) is 0 Å². The number of aryl methyl sites for hydroxylation is 1. The highest BCUT2D eigenvalue weighted by Crippen LogP contribution is 2.12. The van der Waals surface area contributed by atoms with Crippen LogP contribution >= 0.6 is 0 Å². The molecule has 0 bridgehead atoms. The number of carbonyl (C=O) groups excluding carboxylic acids is 1. The molecule has 3 N–H and O–H groups in total. The van der Waals surface area contributed by atoms with Crippen molar-refractivity contribution in [2.45, 2.75) is 13.5 Å². The van der Waals surface area contributed by atoms with E-state index < -0.39 is 0 Å². The summed E-state index contributed by atoms with van der Waals surface area (Å²) in [6.07, 6.45) is 1.54. The summed E-state index contributed by atoms with van der Waals surface area (Å²) >= 11 is 0. The van der Waals surface area contributed by atoms with Crippen molar-refractivity contribution in [2.24, 2.45) is 0 Å². The Morgan fingerprint density at radius 1 is 1.35 bits per heavy atom. The van der Waals surface area contributed by atoms with Crippen LogP contribution in [0, 0.1) is 6.92 Å². The number of amides is 1. The van der Waals surface area contributed by atoms with E-state index >= 15 is 0 Å². The smallest absolute Gasteiger partial charge is 0.253 e. The first kappa shape index (κ1) is 13.9. The quantitative estimate of drug-likeness (QED) is 0.890. The third-order valence-electron chi connectivity index (χ3n) is 2.96. The molecule has 1 heterocycles. The molecule has 5 heteroatoms. The molecule has 0 radical (unpaired) electrons. The molecule has 1 aromatic carbocycles. The lowest BCUT2D eigenvalue weighted by Crippen LogP contribution is -2.24. The average molecular weight is 271 g/mol. The van der Waals surface area contributed by atoms with Crippen molar-refractivity contribution in [1.29, 1.82) is 0 Å². The van der Waals surface area contributed by atoms with Gasteiger partial charge in [-0.2, -0.15) is 0 Å². The number of pyridine rings is 1. The maximum atomic E-state index is 12.1. The third-order valence-corrected chi connectivity index (χ3v) is 2.96. The minimum absolute atomic E-state index is 0.182. The molecule has 5 nitrogen and oxygen atoms in total. The van der Waals surface area contributed by atoms with E-state index in [4.69, 9.17) is 10.5 Å². The fourth-order valence-electron chi connectivity index (χ4n) is 1.80. The maximum Gasteiger partial charge on any atom is 0.253 e. The monoisotopic (exact) mass is 271 g/mol. The summed E-state index contributed by atoms with van der Waals surface area (Å²) in [5.74, 6) is 0.606. The number of nitrogens with one attached hydrogen (secondary N) is 1. The number of carbonyl (C=O) groups is 1. The van der Waals surface area contributed by atoms with Crippen LogP contribution in [0.2, 0.25) is 0 Å². The first-order chi connectivity index (χ1) is 9.60. The van der Waals surface area contributed by atoms with Crippen LogP contribution in [0.5, 0.6) is 5.75 Å². The first-order valence-corrected chi connectivity index (χ1v) is 6.23. The Hall–Kier alpha value is -2.56. The maximum absolute atomic E-state index is 12.1. The van der Waals surface area contributed by atoms with E-state index in [1.54, 1.807) is 20.1 Å². The highest BCUT2D eigenvalue weighted by atomic mass is 16.5. The van der Waals surface area contributed by atoms with Crippen LogP contribution in [0.15, 0.2) is 36.5 Å². The summed E-state index contributed by atoms with van der Waals surface area (Å²) in [6, 6.07) is 9.16. The Labute approximate surface area is 117 Å². The van der Waals surface area contributed by atoms with E-state index in [2.05, 4.69) is 10.3 Å². The number of hydrogen-bond donors (Lipinski definition) is 2. The normalized spacial score (nSPS) is 10.1. The Kier molecular flexibility index (Phi) is 4.20. The van der Waals surface area contributed by atoms with Crippen LogP contribution < -0.4 is 15.8 Å². The van der Waals surface area contributed by atoms with Gasteiger partial charge in [0.25, 0.3) is 5.91 Å². The second kappa shape index (κ2) is 6.06. The second-order valence-electron chi connectivity index (χ2n) is 4.43. The van der Waals surface area contributed by atoms with Gasteiger partial charge in [0.2, 0.25) is 0 Å². The van der Waals surface area contributed by atoms with Gasteiger partial charge in [0, 0.05) is 6.54 Å². The fourth-order valence-corrected chi connectivity index (χ4v) is 1.80. The summed E-state index contributed by atoms with van der Waals surface area (Å²) < 4.78 is 5.08. The molecule has 20 heavy (non-hydrogen) atoms. The molecular formula is C15H17N3O2. The highest BCUT2D eigenvalue weighted by Gasteiger charge is 2.10. The van der Waals surface area contributed by atoms with Gasteiger partial charge in [0.1, 0.15) is 5.75 Å². The number of aromatic nitrogens is 1. The number of hydrogen-bond acceptors (Lipinski definition) is 4. The van der Waals surface area contributed by atoms with Gasteiger partial charge in [-0.05, 0) is 30.7 Å². The molecule has 1 aromatic heterocycles. The number of methoxy groups -OCH3 is 1. The summed E-state index contributed by atoms with van der Waals surface area (Å²) in [7, 11) is 1.62. The number of anilines is 1. The first-order valence-electron chi connectivity index (χ1n) is 6.23. The van der Waals surface area contributed by atoms with Gasteiger partial charge in [-0.15, -0.1) is 0 Å². The van der Waals surface area contributed by atoms with Gasteiger partial charge < -0.3 is 15.8 Å². The summed E-state index contributed by atoms with van der Waals surface area (Å²) in [4.78, 5) is 16.2. The van der Waals surface area contributed by atoms with Crippen LogP contribution in [-0.2, 0) is 6.54 Å². The van der Waals surface area contributed by atoms with Gasteiger partial charge >= 0.3 is 0 Å². The number of ether oxygens (including phenoxy) is 1. The van der Waals surface area contributed by atoms with Crippen molar-refractivity contribution in [2.75, 3.05) is 12.8 Å². The van der Waals surface area contributed by atoms with E-state index in [-0.39, 0.29) is 5.91 Å². The van der Waals surface area contributed by atoms with Gasteiger partial charge in [0.15, 0.2) is 0 Å². The molecule has 0 unspecified atom stereocenters. The van der Waals surface area contributed by atoms with E-state index in [9.17, 15) is 4.79 Å². The number of rotatable bonds is 4. The topological polar surface area (TPSA) is 77.2 Å². The van der Waals surface area contributed by atoms with E-state index in [0.717, 1.165) is 11.3 Å². The van der Waals surface area contributed by atoms with Crippen LogP contribution in [0.1, 0.15) is 21.6 Å². The van der Waals surface area contributed by atoms with Crippen molar-refractivity contribution in [3.8, 4) is 5.75 Å². The molecule has 104 valence electrons. The molecular weight excluding hydrogens is 254 g/mol. The van der Waals surface area contributed by atoms with Gasteiger partial charge in [-0.1, -0.05) is 12.1 Å². The lowest BCUT2D eigenvalue weighted by Gasteiger charge is -2.08. The molecule has 2 aromatic rings. The Bertz CT molecular complexity index is 609. The zero-order valence-electron chi connectivity index (χ0n) is 11.5. The molecule has 0 saturated carbocycles. The van der Waals surface area contributed by atoms with Crippen LogP contribution in [0.25, 0.3) is 0 Å². The lowest BCUT2D eigenvalue weighted by molar-refractivity contribution is 0.0950. The van der Waals surface area contributed by atoms with Crippen molar-refractivity contribution in [1.82, 2.24) is 10.3 Å². The second-order valence-corrected chi connectivity index (χ2v) is 4.43. The fraction of sp³-hybridized carbons (Fsp3) is 0.200. The summed E-state index contributed by atoms with van der Waals surface area (Å²) in [6.45, 7) is 2.22. The number of benzene rings is 1. The van der Waals surface area contributed by atoms with E-state index in [1.165, 1.54) is 6.20 Å². The molecule has 2 rings (SSSR count). The molecule has 0 aliphatic heterocycles. The Morgan fingerprint density at radius 2 is 2.05 bits per heavy atom. The van der Waals surface area contributed by atoms with Crippen LogP contribution in [0.4, 0.5) is 5.69 Å². The Morgan fingerprint density at radius 3 is 2.70 bits per heavy atom. The number of nitrogens with zero attached hydrogens (tertiary/aromatic N) is 1. The number of nitrogens with two attached hydrogens (primary N) is 1. The van der Waals surface area contributed by atoms with Crippen molar-refractivity contribution >= 4 is 11.6 Å². The van der Waals surface area contributed by atoms with E-state index in [1.807, 2.05) is 24.3 Å². The molecule has 1 amide bonds. The largest absolute Gasteiger partial charge is 0.497 e. The minimum Gasteiger partial charge on any atom is -0.497 e. The van der Waals surface area contributed by atoms with Crippen molar-refractivity contribution < 1.29 is 9.53 Å². The van der Waals surface area contributed by atoms with Crippen LogP contribution in [-0.4, -0.2) is 18.0 Å². The van der Waals surface area contributed by atoms with E-state index in [0.29, 0.717) is 23.5 Å².